The van der Waals surface area contributed by atoms with Crippen molar-refractivity contribution < 1.29 is 5.11 Å². The maximum atomic E-state index is 9.53. The first-order chi connectivity index (χ1) is 10.2. The molecular weight excluding hydrogens is 264 g/mol. The van der Waals surface area contributed by atoms with Crippen molar-refractivity contribution in [1.29, 1.82) is 0 Å². The Morgan fingerprint density at radius 1 is 1.24 bits per heavy atom. The van der Waals surface area contributed by atoms with Crippen LogP contribution in [0.5, 0.6) is 0 Å². The van der Waals surface area contributed by atoms with Crippen LogP contribution in [0.15, 0.2) is 29.3 Å². The van der Waals surface area contributed by atoms with E-state index in [-0.39, 0.29) is 6.10 Å². The maximum absolute atomic E-state index is 9.53. The fraction of sp³-hybridized carbons (Fsp3) is 0.562. The standard InChI is InChI=1S/C16H26N4O/c1-17-16(18-2)19-11-13-3-5-14(6-4-13)12-20-9-7-15(21)8-10-20/h3-6,15,21H,7-12H2,1-2H3,(H2,17,18,19). The predicted octanol–water partition coefficient (Wildman–Crippen LogP) is 0.938. The zero-order valence-corrected chi connectivity index (χ0v) is 13.0. The smallest absolute Gasteiger partial charge is 0.190 e. The van der Waals surface area contributed by atoms with E-state index in [4.69, 9.17) is 0 Å². The van der Waals surface area contributed by atoms with Crippen LogP contribution in [0.4, 0.5) is 0 Å². The van der Waals surface area contributed by atoms with Crippen LogP contribution in [0.3, 0.4) is 0 Å². The Morgan fingerprint density at radius 3 is 2.43 bits per heavy atom. The van der Waals surface area contributed by atoms with E-state index in [1.54, 1.807) is 7.05 Å². The van der Waals surface area contributed by atoms with Crippen LogP contribution in [0, 0.1) is 0 Å². The molecule has 0 aromatic heterocycles. The minimum absolute atomic E-state index is 0.101. The minimum Gasteiger partial charge on any atom is -0.393 e. The molecule has 1 aromatic carbocycles. The highest BCUT2D eigenvalue weighted by Crippen LogP contribution is 2.14. The molecule has 1 aromatic rings. The number of hydrogen-bond donors (Lipinski definition) is 3. The predicted molar refractivity (Wildman–Crippen MR) is 86.2 cm³/mol. The summed E-state index contributed by atoms with van der Waals surface area (Å²) in [5, 5.41) is 15.8. The second-order valence-electron chi connectivity index (χ2n) is 5.50. The van der Waals surface area contributed by atoms with Gasteiger partial charge in [-0.1, -0.05) is 24.3 Å². The molecule has 3 N–H and O–H groups in total. The van der Waals surface area contributed by atoms with Crippen LogP contribution in [0.2, 0.25) is 0 Å². The average molecular weight is 290 g/mol. The average Bonchev–Trinajstić information content (AvgIpc) is 2.52. The number of aliphatic imine (C=N–C) groups is 1. The van der Waals surface area contributed by atoms with Gasteiger partial charge in [0.05, 0.1) is 6.10 Å². The Morgan fingerprint density at radius 2 is 1.86 bits per heavy atom. The summed E-state index contributed by atoms with van der Waals surface area (Å²) in [6, 6.07) is 8.68. The highest BCUT2D eigenvalue weighted by molar-refractivity contribution is 5.79. The van der Waals surface area contributed by atoms with E-state index in [0.717, 1.165) is 45.0 Å². The van der Waals surface area contributed by atoms with Gasteiger partial charge >= 0.3 is 0 Å². The molecule has 5 heteroatoms. The molecule has 116 valence electrons. The number of benzene rings is 1. The van der Waals surface area contributed by atoms with Crippen molar-refractivity contribution in [2.24, 2.45) is 4.99 Å². The summed E-state index contributed by atoms with van der Waals surface area (Å²) in [6.07, 6.45) is 1.69. The molecule has 0 aliphatic carbocycles. The lowest BCUT2D eigenvalue weighted by molar-refractivity contribution is 0.0792. The lowest BCUT2D eigenvalue weighted by Gasteiger charge is -2.29. The minimum atomic E-state index is -0.101. The molecule has 0 unspecified atom stereocenters. The first kappa shape index (κ1) is 15.8. The molecule has 0 spiro atoms. The molecule has 5 nitrogen and oxygen atoms in total. The molecule has 1 aliphatic heterocycles. The van der Waals surface area contributed by atoms with E-state index in [9.17, 15) is 5.11 Å². The third-order valence-electron chi connectivity index (χ3n) is 3.91. The van der Waals surface area contributed by atoms with Crippen LogP contribution < -0.4 is 10.6 Å². The monoisotopic (exact) mass is 290 g/mol. The maximum Gasteiger partial charge on any atom is 0.190 e. The van der Waals surface area contributed by atoms with Crippen molar-refractivity contribution in [2.75, 3.05) is 27.2 Å². The van der Waals surface area contributed by atoms with Gasteiger partial charge in [0.25, 0.3) is 0 Å². The van der Waals surface area contributed by atoms with E-state index in [1.165, 1.54) is 11.1 Å². The molecule has 1 saturated heterocycles. The quantitative estimate of drug-likeness (QED) is 0.570. The van der Waals surface area contributed by atoms with E-state index in [1.807, 2.05) is 7.05 Å². The Labute approximate surface area is 127 Å². The lowest BCUT2D eigenvalue weighted by atomic mass is 10.1. The van der Waals surface area contributed by atoms with Crippen LogP contribution in [-0.2, 0) is 13.1 Å². The van der Waals surface area contributed by atoms with Crippen molar-refractivity contribution in [3.8, 4) is 0 Å². The summed E-state index contributed by atoms with van der Waals surface area (Å²) >= 11 is 0. The summed E-state index contributed by atoms with van der Waals surface area (Å²) in [6.45, 7) is 3.72. The zero-order chi connectivity index (χ0) is 15.1. The van der Waals surface area contributed by atoms with Gasteiger partial charge in [0.2, 0.25) is 0 Å². The summed E-state index contributed by atoms with van der Waals surface area (Å²) in [4.78, 5) is 6.50. The normalized spacial score (nSPS) is 17.8. The van der Waals surface area contributed by atoms with Gasteiger partial charge < -0.3 is 15.7 Å². The SMILES string of the molecule is CN=C(NC)NCc1ccc(CN2CCC(O)CC2)cc1. The molecule has 1 heterocycles. The number of likely N-dealkylation sites (tertiary alicyclic amines) is 1. The Balaban J connectivity index is 1.81. The van der Waals surface area contributed by atoms with E-state index < -0.39 is 0 Å². The molecule has 2 rings (SSSR count). The third-order valence-corrected chi connectivity index (χ3v) is 3.91. The van der Waals surface area contributed by atoms with Gasteiger partial charge in [-0.15, -0.1) is 0 Å². The van der Waals surface area contributed by atoms with Crippen molar-refractivity contribution in [1.82, 2.24) is 15.5 Å². The summed E-state index contributed by atoms with van der Waals surface area (Å²) < 4.78 is 0. The number of guanidine groups is 1. The van der Waals surface area contributed by atoms with Crippen molar-refractivity contribution in [3.63, 3.8) is 0 Å². The van der Waals surface area contributed by atoms with Crippen LogP contribution in [-0.4, -0.2) is 49.3 Å². The summed E-state index contributed by atoms with van der Waals surface area (Å²) in [7, 11) is 3.62. The molecule has 21 heavy (non-hydrogen) atoms. The second kappa shape index (κ2) is 8.00. The summed E-state index contributed by atoms with van der Waals surface area (Å²) in [5.41, 5.74) is 2.57. The van der Waals surface area contributed by atoms with Gasteiger partial charge in [-0.05, 0) is 24.0 Å². The van der Waals surface area contributed by atoms with Gasteiger partial charge in [-0.3, -0.25) is 9.89 Å². The Kier molecular flexibility index (Phi) is 6.02. The second-order valence-corrected chi connectivity index (χ2v) is 5.50. The van der Waals surface area contributed by atoms with Crippen molar-refractivity contribution in [3.05, 3.63) is 35.4 Å². The molecular formula is C16H26N4O. The highest BCUT2D eigenvalue weighted by atomic mass is 16.3. The van der Waals surface area contributed by atoms with Crippen molar-refractivity contribution >= 4 is 5.96 Å². The largest absolute Gasteiger partial charge is 0.393 e. The highest BCUT2D eigenvalue weighted by Gasteiger charge is 2.16. The zero-order valence-electron chi connectivity index (χ0n) is 13.0. The van der Waals surface area contributed by atoms with Crippen LogP contribution in [0.25, 0.3) is 0 Å². The van der Waals surface area contributed by atoms with E-state index in [2.05, 4.69) is 44.8 Å². The molecule has 1 aliphatic rings. The van der Waals surface area contributed by atoms with E-state index in [0.29, 0.717) is 0 Å². The number of aliphatic hydroxyl groups excluding tert-OH is 1. The van der Waals surface area contributed by atoms with Gasteiger partial charge in [-0.2, -0.15) is 0 Å². The number of hydrogen-bond acceptors (Lipinski definition) is 3. The number of piperidine rings is 1. The molecule has 0 radical (unpaired) electrons. The third kappa shape index (κ3) is 5.02. The van der Waals surface area contributed by atoms with Crippen LogP contribution >= 0.6 is 0 Å². The number of nitrogens with zero attached hydrogens (tertiary/aromatic N) is 2. The first-order valence-electron chi connectivity index (χ1n) is 7.58. The number of nitrogens with one attached hydrogen (secondary N) is 2. The molecule has 0 saturated carbocycles. The summed E-state index contributed by atoms with van der Waals surface area (Å²) in [5.74, 6) is 0.797. The van der Waals surface area contributed by atoms with Crippen LogP contribution in [0.1, 0.15) is 24.0 Å². The van der Waals surface area contributed by atoms with Gasteiger partial charge in [0, 0.05) is 40.3 Å². The Bertz CT molecular complexity index is 450. The topological polar surface area (TPSA) is 59.9 Å². The molecule has 1 fully saturated rings. The van der Waals surface area contributed by atoms with Gasteiger partial charge in [0.1, 0.15) is 0 Å². The molecule has 0 amide bonds. The number of rotatable bonds is 4. The fourth-order valence-electron chi connectivity index (χ4n) is 2.56. The van der Waals surface area contributed by atoms with Gasteiger partial charge in [-0.25, -0.2) is 0 Å². The Hall–Kier alpha value is -1.59. The number of aliphatic hydroxyl groups is 1. The molecule has 0 bridgehead atoms. The fourth-order valence-corrected chi connectivity index (χ4v) is 2.56. The van der Waals surface area contributed by atoms with Crippen molar-refractivity contribution in [2.45, 2.75) is 32.0 Å². The van der Waals surface area contributed by atoms with Gasteiger partial charge in [0.15, 0.2) is 5.96 Å². The van der Waals surface area contributed by atoms with E-state index >= 15 is 0 Å². The lowest BCUT2D eigenvalue weighted by Crippen LogP contribution is -2.35. The molecule has 0 atom stereocenters. The first-order valence-corrected chi connectivity index (χ1v) is 7.58.